The summed E-state index contributed by atoms with van der Waals surface area (Å²) in [5.74, 6) is -0.717. The summed E-state index contributed by atoms with van der Waals surface area (Å²) >= 11 is 1.40. The summed E-state index contributed by atoms with van der Waals surface area (Å²) < 4.78 is 38.5. The van der Waals surface area contributed by atoms with Crippen LogP contribution in [0, 0.1) is 11.6 Å². The van der Waals surface area contributed by atoms with Crippen molar-refractivity contribution >= 4 is 17.7 Å². The van der Waals surface area contributed by atoms with Gasteiger partial charge in [-0.3, -0.25) is 0 Å². The van der Waals surface area contributed by atoms with Gasteiger partial charge in [0.05, 0.1) is 18.8 Å². The minimum absolute atomic E-state index is 0.280. The van der Waals surface area contributed by atoms with Crippen LogP contribution >= 0.6 is 11.8 Å². The van der Waals surface area contributed by atoms with E-state index in [1.165, 1.54) is 23.9 Å². The summed E-state index contributed by atoms with van der Waals surface area (Å²) in [4.78, 5) is 13.0. The number of benzene rings is 4. The molecule has 4 aromatic carbocycles. The Bertz CT molecular complexity index is 1310. The van der Waals surface area contributed by atoms with Crippen LogP contribution in [-0.4, -0.2) is 24.3 Å². The van der Waals surface area contributed by atoms with Gasteiger partial charge in [-0.15, -0.1) is 0 Å². The van der Waals surface area contributed by atoms with Crippen molar-refractivity contribution < 1.29 is 28.2 Å². The van der Waals surface area contributed by atoms with Gasteiger partial charge in [-0.05, 0) is 79.1 Å². The Balaban J connectivity index is 1.17. The van der Waals surface area contributed by atoms with Crippen LogP contribution in [0.2, 0.25) is 0 Å². The number of hydrogen-bond donors (Lipinski definition) is 1. The van der Waals surface area contributed by atoms with Crippen molar-refractivity contribution in [3.8, 4) is 22.6 Å². The van der Waals surface area contributed by atoms with E-state index in [9.17, 15) is 18.7 Å². The second-order valence-corrected chi connectivity index (χ2v) is 9.04. The number of ether oxygens (including phenoxy) is 2. The normalized spacial score (nSPS) is 10.7. The van der Waals surface area contributed by atoms with Crippen LogP contribution in [-0.2, 0) is 0 Å². The Hall–Kier alpha value is -3.84. The molecule has 0 aliphatic heterocycles. The number of carboxylic acid groups (broad SMARTS) is 1. The van der Waals surface area contributed by atoms with E-state index in [1.54, 1.807) is 42.5 Å². The molecule has 184 valence electrons. The molecule has 0 atom stereocenters. The molecule has 0 spiro atoms. The van der Waals surface area contributed by atoms with E-state index in [4.69, 9.17) is 9.47 Å². The number of rotatable bonds is 11. The second-order valence-electron chi connectivity index (χ2n) is 7.93. The highest BCUT2D eigenvalue weighted by Gasteiger charge is 2.10. The Kier molecular flexibility index (Phi) is 8.57. The molecule has 0 fully saturated rings. The van der Waals surface area contributed by atoms with E-state index in [0.29, 0.717) is 35.0 Å². The van der Waals surface area contributed by atoms with E-state index in [2.05, 4.69) is 0 Å². The fraction of sp³-hybridized carbons (Fsp3) is 0.138. The van der Waals surface area contributed by atoms with Gasteiger partial charge in [0.1, 0.15) is 23.1 Å². The Morgan fingerprint density at radius 2 is 1.39 bits per heavy atom. The molecule has 0 bridgehead atoms. The molecule has 0 amide bonds. The minimum Gasteiger partial charge on any atom is -0.494 e. The molecule has 0 radical (unpaired) electrons. The molecular weight excluding hydrogens is 482 g/mol. The number of carboxylic acids is 1. The lowest BCUT2D eigenvalue weighted by atomic mass is 10.1. The molecule has 4 nitrogen and oxygen atoms in total. The summed E-state index contributed by atoms with van der Waals surface area (Å²) in [5, 5.41) is 9.32. The van der Waals surface area contributed by atoms with Crippen molar-refractivity contribution in [2.45, 2.75) is 22.6 Å². The summed E-state index contributed by atoms with van der Waals surface area (Å²) in [6.45, 7) is 1.06. The van der Waals surface area contributed by atoms with Crippen molar-refractivity contribution in [3.63, 3.8) is 0 Å². The zero-order chi connectivity index (χ0) is 25.3. The first-order valence-electron chi connectivity index (χ1n) is 11.4. The van der Waals surface area contributed by atoms with Gasteiger partial charge in [-0.25, -0.2) is 13.6 Å². The maximum absolute atomic E-state index is 13.9. The first-order valence-corrected chi connectivity index (χ1v) is 12.2. The summed E-state index contributed by atoms with van der Waals surface area (Å²) in [6, 6.07) is 25.0. The third kappa shape index (κ3) is 6.86. The van der Waals surface area contributed by atoms with E-state index in [1.807, 2.05) is 30.3 Å². The predicted octanol–water partition coefficient (Wildman–Crippen LogP) is 7.72. The predicted molar refractivity (Wildman–Crippen MR) is 136 cm³/mol. The first-order chi connectivity index (χ1) is 17.5. The number of carbonyl (C=O) groups is 1. The SMILES string of the molecule is O=C(O)c1ccccc1Sc1ccc(OCCCCOc2ccc(-c3ccc(F)cc3F)cc2)cc1. The lowest BCUT2D eigenvalue weighted by Crippen LogP contribution is -2.02. The van der Waals surface area contributed by atoms with E-state index in [-0.39, 0.29) is 5.56 Å². The molecule has 0 aromatic heterocycles. The molecule has 0 saturated heterocycles. The van der Waals surface area contributed by atoms with Crippen LogP contribution in [0.25, 0.3) is 11.1 Å². The van der Waals surface area contributed by atoms with Crippen molar-refractivity contribution in [2.24, 2.45) is 0 Å². The summed E-state index contributed by atoms with van der Waals surface area (Å²) in [7, 11) is 0. The van der Waals surface area contributed by atoms with Gasteiger partial charge in [-0.1, -0.05) is 36.0 Å². The maximum atomic E-state index is 13.9. The van der Waals surface area contributed by atoms with Crippen molar-refractivity contribution in [1.82, 2.24) is 0 Å². The Morgan fingerprint density at radius 3 is 2.00 bits per heavy atom. The van der Waals surface area contributed by atoms with Crippen LogP contribution in [0.3, 0.4) is 0 Å². The lowest BCUT2D eigenvalue weighted by molar-refractivity contribution is 0.0693. The van der Waals surface area contributed by atoms with E-state index >= 15 is 0 Å². The molecule has 1 N–H and O–H groups in total. The van der Waals surface area contributed by atoms with Crippen LogP contribution in [0.5, 0.6) is 11.5 Å². The molecular formula is C29H24F2O4S. The second kappa shape index (κ2) is 12.2. The molecule has 4 rings (SSSR count). The van der Waals surface area contributed by atoms with Gasteiger partial charge < -0.3 is 14.6 Å². The average molecular weight is 507 g/mol. The van der Waals surface area contributed by atoms with Crippen molar-refractivity contribution in [1.29, 1.82) is 0 Å². The van der Waals surface area contributed by atoms with Crippen molar-refractivity contribution in [2.75, 3.05) is 13.2 Å². The lowest BCUT2D eigenvalue weighted by Gasteiger charge is -2.10. The highest BCUT2D eigenvalue weighted by Crippen LogP contribution is 2.31. The molecule has 7 heteroatoms. The fourth-order valence-electron chi connectivity index (χ4n) is 3.50. The van der Waals surface area contributed by atoms with Crippen LogP contribution < -0.4 is 9.47 Å². The largest absolute Gasteiger partial charge is 0.494 e. The number of hydrogen-bond acceptors (Lipinski definition) is 4. The molecule has 0 heterocycles. The molecule has 0 aliphatic rings. The molecule has 0 saturated carbocycles. The van der Waals surface area contributed by atoms with Crippen LogP contribution in [0.1, 0.15) is 23.2 Å². The van der Waals surface area contributed by atoms with E-state index in [0.717, 1.165) is 29.6 Å². The molecule has 4 aromatic rings. The summed E-state index contributed by atoms with van der Waals surface area (Å²) in [5.41, 5.74) is 1.28. The molecule has 0 aliphatic carbocycles. The fourth-order valence-corrected chi connectivity index (χ4v) is 4.44. The first kappa shape index (κ1) is 25.3. The average Bonchev–Trinajstić information content (AvgIpc) is 2.88. The third-order valence-electron chi connectivity index (χ3n) is 5.34. The zero-order valence-corrected chi connectivity index (χ0v) is 20.1. The topological polar surface area (TPSA) is 55.8 Å². The quantitative estimate of drug-likeness (QED) is 0.211. The molecule has 0 unspecified atom stereocenters. The number of halogens is 2. The molecule has 36 heavy (non-hydrogen) atoms. The monoisotopic (exact) mass is 506 g/mol. The minimum atomic E-state index is -0.945. The number of aromatic carboxylic acids is 1. The Morgan fingerprint density at radius 1 is 0.778 bits per heavy atom. The van der Waals surface area contributed by atoms with Crippen LogP contribution in [0.15, 0.2) is 101 Å². The van der Waals surface area contributed by atoms with Crippen LogP contribution in [0.4, 0.5) is 8.78 Å². The van der Waals surface area contributed by atoms with E-state index < -0.39 is 17.6 Å². The van der Waals surface area contributed by atoms with Gasteiger partial charge >= 0.3 is 5.97 Å². The Labute approximate surface area is 212 Å². The maximum Gasteiger partial charge on any atom is 0.336 e. The van der Waals surface area contributed by atoms with Crippen molar-refractivity contribution in [3.05, 3.63) is 108 Å². The van der Waals surface area contributed by atoms with Gasteiger partial charge in [0, 0.05) is 21.4 Å². The number of unbranched alkanes of at least 4 members (excludes halogenated alkanes) is 1. The standard InChI is InChI=1S/C29H24F2O4S/c30-21-9-16-25(27(31)19-21)20-7-10-22(11-8-20)34-17-3-4-18-35-23-12-14-24(15-13-23)36-28-6-2-1-5-26(28)29(32)33/h1-2,5-16,19H,3-4,17-18H2,(H,32,33). The van der Waals surface area contributed by atoms with Gasteiger partial charge in [0.15, 0.2) is 0 Å². The van der Waals surface area contributed by atoms with Gasteiger partial charge in [-0.2, -0.15) is 0 Å². The van der Waals surface area contributed by atoms with Gasteiger partial charge in [0.25, 0.3) is 0 Å². The van der Waals surface area contributed by atoms with Gasteiger partial charge in [0.2, 0.25) is 0 Å². The highest BCUT2D eigenvalue weighted by atomic mass is 32.2. The zero-order valence-electron chi connectivity index (χ0n) is 19.3. The smallest absolute Gasteiger partial charge is 0.336 e. The highest BCUT2D eigenvalue weighted by molar-refractivity contribution is 7.99. The third-order valence-corrected chi connectivity index (χ3v) is 6.43. The summed E-state index contributed by atoms with van der Waals surface area (Å²) in [6.07, 6.45) is 1.61.